The molecule has 0 atom stereocenters. The van der Waals surface area contributed by atoms with Gasteiger partial charge in [-0.15, -0.1) is 13.2 Å². The molecular formula is C12H34O5Si6. The van der Waals surface area contributed by atoms with Crippen molar-refractivity contribution in [3.8, 4) is 0 Å². The third-order valence-electron chi connectivity index (χ3n) is 2.38. The second-order valence-corrected chi connectivity index (χ2v) is 22.6. The van der Waals surface area contributed by atoms with E-state index in [-0.39, 0.29) is 0 Å². The molecule has 0 saturated heterocycles. The fourth-order valence-corrected chi connectivity index (χ4v) is 20.2. The molecule has 0 rings (SSSR count). The van der Waals surface area contributed by atoms with Crippen LogP contribution in [0.1, 0.15) is 0 Å². The molecule has 0 saturated carbocycles. The summed E-state index contributed by atoms with van der Waals surface area (Å²) in [4.78, 5) is 0. The molecule has 0 fully saturated rings. The smallest absolute Gasteiger partial charge is 0.417 e. The van der Waals surface area contributed by atoms with Gasteiger partial charge in [-0.25, -0.2) is 0 Å². The predicted octanol–water partition coefficient (Wildman–Crippen LogP) is 2.33. The summed E-state index contributed by atoms with van der Waals surface area (Å²) in [6.45, 7) is 24.7. The van der Waals surface area contributed by atoms with Gasteiger partial charge in [-0.1, -0.05) is 0 Å². The third-order valence-corrected chi connectivity index (χ3v) is 18.5. The second-order valence-electron chi connectivity index (χ2n) is 6.38. The summed E-state index contributed by atoms with van der Waals surface area (Å²) in [5, 5.41) is 0. The van der Waals surface area contributed by atoms with E-state index in [0.29, 0.717) is 0 Å². The van der Waals surface area contributed by atoms with Crippen molar-refractivity contribution in [1.29, 1.82) is 0 Å². The normalized spacial score (nSPS) is 13.4. The highest BCUT2D eigenvalue weighted by atomic mass is 28.5. The lowest BCUT2D eigenvalue weighted by molar-refractivity contribution is 0.205. The molecule has 0 spiro atoms. The van der Waals surface area contributed by atoms with Gasteiger partial charge < -0.3 is 20.6 Å². The van der Waals surface area contributed by atoms with Gasteiger partial charge in [-0.3, -0.25) is 0 Å². The largest absolute Gasteiger partial charge is 0.500 e. The molecule has 0 aromatic heterocycles. The summed E-state index contributed by atoms with van der Waals surface area (Å²) in [5.41, 5.74) is 3.46. The first kappa shape index (κ1) is 23.6. The minimum atomic E-state index is -3.01. The number of rotatable bonds is 12. The molecule has 11 heteroatoms. The Labute approximate surface area is 151 Å². The highest BCUT2D eigenvalue weighted by molar-refractivity contribution is 6.89. The average molecular weight is 427 g/mol. The van der Waals surface area contributed by atoms with E-state index in [2.05, 4.69) is 65.5 Å². The minimum absolute atomic E-state index is 1.38. The highest BCUT2D eigenvalue weighted by Crippen LogP contribution is 2.24. The van der Waals surface area contributed by atoms with Crippen LogP contribution in [0.5, 0.6) is 0 Å². The molecule has 136 valence electrons. The van der Waals surface area contributed by atoms with Crippen LogP contribution < -0.4 is 0 Å². The van der Waals surface area contributed by atoms with E-state index in [1.54, 1.807) is 11.4 Å². The maximum atomic E-state index is 6.46. The van der Waals surface area contributed by atoms with Crippen LogP contribution in [0.25, 0.3) is 0 Å². The van der Waals surface area contributed by atoms with E-state index in [0.717, 1.165) is 0 Å². The molecule has 0 aliphatic rings. The Hall–Kier alpha value is 0.581. The monoisotopic (exact) mass is 426 g/mol. The van der Waals surface area contributed by atoms with Gasteiger partial charge in [0.2, 0.25) is 0 Å². The number of hydrogen-bond donors (Lipinski definition) is 0. The summed E-state index contributed by atoms with van der Waals surface area (Å²) in [6, 6.07) is 0. The molecule has 0 unspecified atom stereocenters. The molecule has 0 N–H and O–H groups in total. The van der Waals surface area contributed by atoms with Crippen LogP contribution in [-0.2, 0) is 20.6 Å². The van der Waals surface area contributed by atoms with Crippen LogP contribution in [0.2, 0.25) is 52.4 Å². The van der Waals surface area contributed by atoms with Crippen LogP contribution in [0.4, 0.5) is 0 Å². The fraction of sp³-hybridized carbons (Fsp3) is 0.667. The standard InChI is InChI=1S/C12H34O5Si6/c1-11-22(13-18(3)4,14-19(5)6)17-23(12-2,15-20(7)8)16-21(9)10/h11-12,18-21H,1-2H2,3-10H3. The molecule has 5 nitrogen and oxygen atoms in total. The molecule has 0 aromatic carbocycles. The third kappa shape index (κ3) is 9.01. The second kappa shape index (κ2) is 10.5. The summed E-state index contributed by atoms with van der Waals surface area (Å²) in [7, 11) is -11.6. The van der Waals surface area contributed by atoms with E-state index in [4.69, 9.17) is 20.6 Å². The lowest BCUT2D eigenvalue weighted by atomic mass is 11.3. The van der Waals surface area contributed by atoms with Gasteiger partial charge in [0.15, 0.2) is 36.2 Å². The molecule has 23 heavy (non-hydrogen) atoms. The van der Waals surface area contributed by atoms with Gasteiger partial charge in [0.05, 0.1) is 0 Å². The van der Waals surface area contributed by atoms with Crippen LogP contribution in [-0.4, -0.2) is 53.8 Å². The van der Waals surface area contributed by atoms with Crippen LogP contribution in [0, 0.1) is 0 Å². The first-order valence-corrected chi connectivity index (χ1v) is 22.9. The van der Waals surface area contributed by atoms with E-state index in [9.17, 15) is 0 Å². The van der Waals surface area contributed by atoms with Gasteiger partial charge in [0, 0.05) is 0 Å². The van der Waals surface area contributed by atoms with Crippen molar-refractivity contribution in [3.05, 3.63) is 24.6 Å². The van der Waals surface area contributed by atoms with Crippen molar-refractivity contribution in [3.63, 3.8) is 0 Å². The molecule has 0 heterocycles. The summed E-state index contributed by atoms with van der Waals surface area (Å²) in [5.74, 6) is 0. The van der Waals surface area contributed by atoms with E-state index >= 15 is 0 Å². The van der Waals surface area contributed by atoms with Gasteiger partial charge in [0.1, 0.15) is 0 Å². The first-order chi connectivity index (χ1) is 10.5. The van der Waals surface area contributed by atoms with Crippen molar-refractivity contribution in [2.24, 2.45) is 0 Å². The summed E-state index contributed by atoms with van der Waals surface area (Å²) >= 11 is 0. The van der Waals surface area contributed by atoms with Gasteiger partial charge in [0.25, 0.3) is 0 Å². The van der Waals surface area contributed by atoms with Crippen LogP contribution in [0.3, 0.4) is 0 Å². The Morgan fingerprint density at radius 3 is 0.913 bits per heavy atom. The number of hydrogen-bond acceptors (Lipinski definition) is 5. The zero-order valence-corrected chi connectivity index (χ0v) is 22.5. The SMILES string of the molecule is C=C[Si](O[SiH](C)C)(O[SiH](C)C)O[Si](C=C)(O[SiH](C)C)O[SiH](C)C. The summed E-state index contributed by atoms with van der Waals surface area (Å²) < 4.78 is 31.4. The quantitative estimate of drug-likeness (QED) is 0.448. The minimum Gasteiger partial charge on any atom is -0.417 e. The first-order valence-electron chi connectivity index (χ1n) is 8.18. The van der Waals surface area contributed by atoms with Gasteiger partial charge in [-0.05, 0) is 63.8 Å². The van der Waals surface area contributed by atoms with E-state index < -0.39 is 53.8 Å². The molecule has 0 bridgehead atoms. The van der Waals surface area contributed by atoms with Crippen molar-refractivity contribution < 1.29 is 20.6 Å². The van der Waals surface area contributed by atoms with Gasteiger partial charge in [-0.2, -0.15) is 0 Å². The Bertz CT molecular complexity index is 323. The van der Waals surface area contributed by atoms with Crippen molar-refractivity contribution in [1.82, 2.24) is 0 Å². The molecule has 0 radical (unpaired) electrons. The summed E-state index contributed by atoms with van der Waals surface area (Å²) in [6.07, 6.45) is 0. The molecular weight excluding hydrogens is 393 g/mol. The lowest BCUT2D eigenvalue weighted by Crippen LogP contribution is -2.61. The molecule has 0 aliphatic heterocycles. The maximum Gasteiger partial charge on any atom is 0.500 e. The van der Waals surface area contributed by atoms with Crippen molar-refractivity contribution in [2.75, 3.05) is 0 Å². The molecule has 0 aromatic rings. The van der Waals surface area contributed by atoms with E-state index in [1.165, 1.54) is 0 Å². The maximum absolute atomic E-state index is 6.46. The lowest BCUT2D eigenvalue weighted by Gasteiger charge is -2.39. The average Bonchev–Trinajstić information content (AvgIpc) is 2.35. The van der Waals surface area contributed by atoms with Crippen molar-refractivity contribution >= 4 is 53.8 Å². The topological polar surface area (TPSA) is 46.2 Å². The highest BCUT2D eigenvalue weighted by Gasteiger charge is 2.51. The zero-order chi connectivity index (χ0) is 18.3. The Morgan fingerprint density at radius 1 is 0.565 bits per heavy atom. The molecule has 0 amide bonds. The molecule has 0 aliphatic carbocycles. The Morgan fingerprint density at radius 2 is 0.783 bits per heavy atom. The van der Waals surface area contributed by atoms with Gasteiger partial charge >= 0.3 is 17.6 Å². The zero-order valence-electron chi connectivity index (χ0n) is 15.9. The fourth-order valence-electron chi connectivity index (χ4n) is 1.94. The van der Waals surface area contributed by atoms with E-state index in [1.807, 2.05) is 0 Å². The van der Waals surface area contributed by atoms with Crippen molar-refractivity contribution in [2.45, 2.75) is 52.4 Å². The van der Waals surface area contributed by atoms with Crippen LogP contribution in [0.15, 0.2) is 24.6 Å². The van der Waals surface area contributed by atoms with Crippen LogP contribution >= 0.6 is 0 Å². The predicted molar refractivity (Wildman–Crippen MR) is 113 cm³/mol. The Balaban J connectivity index is 5.70. The Kier molecular flexibility index (Phi) is 10.8.